The highest BCUT2D eigenvalue weighted by Gasteiger charge is 2.31. The summed E-state index contributed by atoms with van der Waals surface area (Å²) in [6, 6.07) is 1.14. The minimum absolute atomic E-state index is 0.117. The maximum absolute atomic E-state index is 13.1. The largest absolute Gasteiger partial charge is 0.481 e. The number of para-hydroxylation sites is 1. The van der Waals surface area contributed by atoms with Crippen LogP contribution in [-0.2, 0) is 35.2 Å². The number of carboxylic acid groups (broad SMARTS) is 2. The number of aliphatic hydroxyl groups is 1. The van der Waals surface area contributed by atoms with Crippen molar-refractivity contribution >= 4 is 46.5 Å². The number of aliphatic carboxylic acids is 2. The van der Waals surface area contributed by atoms with E-state index < -0.39 is 72.8 Å². The van der Waals surface area contributed by atoms with Crippen LogP contribution in [0.5, 0.6) is 0 Å². The highest BCUT2D eigenvalue weighted by molar-refractivity contribution is 5.95. The summed E-state index contributed by atoms with van der Waals surface area (Å²) < 4.78 is 0. The van der Waals surface area contributed by atoms with Gasteiger partial charge in [-0.3, -0.25) is 24.0 Å². The van der Waals surface area contributed by atoms with Crippen molar-refractivity contribution < 1.29 is 44.1 Å². The number of carbonyl (C=O) groups excluding carboxylic acids is 4. The molecule has 15 heteroatoms. The Labute approximate surface area is 215 Å². The Morgan fingerprint density at radius 1 is 0.895 bits per heavy atom. The van der Waals surface area contributed by atoms with Crippen molar-refractivity contribution in [3.05, 3.63) is 36.0 Å². The van der Waals surface area contributed by atoms with E-state index in [4.69, 9.17) is 16.6 Å². The number of aromatic nitrogens is 1. The number of aliphatic hydroxyl groups excluding tert-OH is 1. The molecule has 0 aliphatic carbocycles. The fourth-order valence-corrected chi connectivity index (χ4v) is 3.57. The molecular formula is C23H30N6O9. The van der Waals surface area contributed by atoms with Gasteiger partial charge in [-0.1, -0.05) is 18.2 Å². The lowest BCUT2D eigenvalue weighted by atomic mass is 10.0. The van der Waals surface area contributed by atoms with E-state index in [9.17, 15) is 39.0 Å². The van der Waals surface area contributed by atoms with Crippen LogP contribution >= 0.6 is 0 Å². The monoisotopic (exact) mass is 534 g/mol. The van der Waals surface area contributed by atoms with Crippen LogP contribution in [0, 0.1) is 0 Å². The van der Waals surface area contributed by atoms with E-state index in [1.54, 1.807) is 30.5 Å². The molecule has 2 rings (SSSR count). The van der Waals surface area contributed by atoms with Crippen LogP contribution in [0.3, 0.4) is 0 Å². The number of H-pyrrole nitrogens is 1. The SMILES string of the molecule is NC(=O)CCC(NC(=O)C(Cc1c[nH]c2ccccc12)NC(=O)C(CO)NC(=O)C(N)CC(=O)O)C(=O)O. The molecule has 0 fully saturated rings. The highest BCUT2D eigenvalue weighted by Crippen LogP contribution is 2.19. The fourth-order valence-electron chi connectivity index (χ4n) is 3.57. The smallest absolute Gasteiger partial charge is 0.326 e. The predicted molar refractivity (Wildman–Crippen MR) is 131 cm³/mol. The molecule has 38 heavy (non-hydrogen) atoms. The number of amides is 4. The number of fused-ring (bicyclic) bond motifs is 1. The Balaban J connectivity index is 2.26. The molecule has 0 saturated heterocycles. The second-order valence-electron chi connectivity index (χ2n) is 8.48. The summed E-state index contributed by atoms with van der Waals surface area (Å²) >= 11 is 0. The molecule has 0 saturated carbocycles. The first-order chi connectivity index (χ1) is 17.9. The summed E-state index contributed by atoms with van der Waals surface area (Å²) in [5.41, 5.74) is 11.9. The Bertz CT molecular complexity index is 1200. The summed E-state index contributed by atoms with van der Waals surface area (Å²) in [4.78, 5) is 74.6. The van der Waals surface area contributed by atoms with Gasteiger partial charge in [-0.15, -0.1) is 0 Å². The Morgan fingerprint density at radius 3 is 2.11 bits per heavy atom. The van der Waals surface area contributed by atoms with Gasteiger partial charge in [-0.05, 0) is 18.1 Å². The number of primary amides is 1. The minimum Gasteiger partial charge on any atom is -0.481 e. The number of rotatable bonds is 15. The number of carboxylic acids is 2. The summed E-state index contributed by atoms with van der Waals surface area (Å²) in [6.07, 6.45) is 0.162. The van der Waals surface area contributed by atoms with Gasteiger partial charge in [-0.2, -0.15) is 0 Å². The van der Waals surface area contributed by atoms with Gasteiger partial charge in [0.25, 0.3) is 0 Å². The third-order valence-corrected chi connectivity index (χ3v) is 5.57. The first kappa shape index (κ1) is 29.7. The lowest BCUT2D eigenvalue weighted by Gasteiger charge is -2.24. The fraction of sp³-hybridized carbons (Fsp3) is 0.391. The van der Waals surface area contributed by atoms with Crippen LogP contribution < -0.4 is 27.4 Å². The normalized spacial score (nSPS) is 14.1. The predicted octanol–water partition coefficient (Wildman–Crippen LogP) is -2.69. The topological polar surface area (TPSA) is 267 Å². The Morgan fingerprint density at radius 2 is 1.50 bits per heavy atom. The number of hydrogen-bond donors (Lipinski definition) is 9. The van der Waals surface area contributed by atoms with Gasteiger partial charge in [-0.25, -0.2) is 4.79 Å². The highest BCUT2D eigenvalue weighted by atomic mass is 16.4. The van der Waals surface area contributed by atoms with Crippen molar-refractivity contribution in [3.63, 3.8) is 0 Å². The summed E-state index contributed by atoms with van der Waals surface area (Å²) in [5, 5.41) is 35.4. The molecule has 1 aromatic carbocycles. The standard InChI is InChI=1S/C23H30N6O9/c24-13(8-19(32)33)20(34)29-17(10-30)22(36)28-16(7-11-9-26-14-4-2-1-3-12(11)14)21(35)27-15(23(37)38)5-6-18(25)31/h1-4,9,13,15-17,26,30H,5-8,10,24H2,(H2,25,31)(H,27,35)(H,28,36)(H,29,34)(H,32,33)(H,37,38). The molecule has 206 valence electrons. The first-order valence-corrected chi connectivity index (χ1v) is 11.5. The van der Waals surface area contributed by atoms with Crippen LogP contribution in [0.2, 0.25) is 0 Å². The van der Waals surface area contributed by atoms with E-state index in [1.165, 1.54) is 0 Å². The van der Waals surface area contributed by atoms with Crippen molar-refractivity contribution in [3.8, 4) is 0 Å². The zero-order chi connectivity index (χ0) is 28.4. The molecule has 4 amide bonds. The molecule has 2 aromatic rings. The maximum atomic E-state index is 13.1. The zero-order valence-electron chi connectivity index (χ0n) is 20.2. The molecule has 0 radical (unpaired) electrons. The lowest BCUT2D eigenvalue weighted by Crippen LogP contribution is -2.58. The lowest BCUT2D eigenvalue weighted by molar-refractivity contribution is -0.142. The van der Waals surface area contributed by atoms with Crippen LogP contribution in [0.25, 0.3) is 10.9 Å². The molecular weight excluding hydrogens is 504 g/mol. The quantitative estimate of drug-likeness (QED) is 0.114. The third-order valence-electron chi connectivity index (χ3n) is 5.57. The Kier molecular flexibility index (Phi) is 10.7. The van der Waals surface area contributed by atoms with Crippen LogP contribution in [0.4, 0.5) is 0 Å². The van der Waals surface area contributed by atoms with Crippen LogP contribution in [0.15, 0.2) is 30.5 Å². The molecule has 1 heterocycles. The van der Waals surface area contributed by atoms with Crippen molar-refractivity contribution in [2.75, 3.05) is 6.61 Å². The molecule has 0 aliphatic heterocycles. The number of benzene rings is 1. The summed E-state index contributed by atoms with van der Waals surface area (Å²) in [5.74, 6) is -6.48. The molecule has 4 atom stereocenters. The van der Waals surface area contributed by atoms with Gasteiger partial charge in [0.05, 0.1) is 19.1 Å². The van der Waals surface area contributed by atoms with E-state index in [0.717, 1.165) is 10.9 Å². The average molecular weight is 535 g/mol. The van der Waals surface area contributed by atoms with Crippen molar-refractivity contribution in [2.45, 2.75) is 49.9 Å². The van der Waals surface area contributed by atoms with Gasteiger partial charge >= 0.3 is 11.9 Å². The maximum Gasteiger partial charge on any atom is 0.326 e. The molecule has 4 unspecified atom stereocenters. The molecule has 1 aromatic heterocycles. The molecule has 0 aliphatic rings. The molecule has 0 bridgehead atoms. The van der Waals surface area contributed by atoms with E-state index >= 15 is 0 Å². The van der Waals surface area contributed by atoms with Crippen molar-refractivity contribution in [2.24, 2.45) is 11.5 Å². The van der Waals surface area contributed by atoms with Crippen molar-refractivity contribution in [1.29, 1.82) is 0 Å². The number of carbonyl (C=O) groups is 6. The molecule has 0 spiro atoms. The van der Waals surface area contributed by atoms with Crippen LogP contribution in [0.1, 0.15) is 24.8 Å². The second kappa shape index (κ2) is 13.7. The van der Waals surface area contributed by atoms with Gasteiger partial charge in [0.2, 0.25) is 23.6 Å². The van der Waals surface area contributed by atoms with E-state index in [0.29, 0.717) is 5.56 Å². The van der Waals surface area contributed by atoms with Gasteiger partial charge in [0.15, 0.2) is 0 Å². The molecule has 11 N–H and O–H groups in total. The van der Waals surface area contributed by atoms with Gasteiger partial charge in [0, 0.05) is 29.9 Å². The number of nitrogens with one attached hydrogen (secondary N) is 4. The number of aromatic amines is 1. The number of hydrogen-bond acceptors (Lipinski definition) is 8. The number of nitrogens with two attached hydrogens (primary N) is 2. The zero-order valence-corrected chi connectivity index (χ0v) is 20.2. The van der Waals surface area contributed by atoms with E-state index in [1.807, 2.05) is 0 Å². The Hall–Kier alpha value is -4.50. The van der Waals surface area contributed by atoms with Gasteiger partial charge in [0.1, 0.15) is 18.1 Å². The van der Waals surface area contributed by atoms with Gasteiger partial charge < -0.3 is 47.7 Å². The van der Waals surface area contributed by atoms with Crippen LogP contribution in [-0.4, -0.2) is 86.6 Å². The second-order valence-corrected chi connectivity index (χ2v) is 8.48. The first-order valence-electron chi connectivity index (χ1n) is 11.5. The van der Waals surface area contributed by atoms with Crippen molar-refractivity contribution in [1.82, 2.24) is 20.9 Å². The third kappa shape index (κ3) is 8.56. The van der Waals surface area contributed by atoms with E-state index in [-0.39, 0.29) is 19.3 Å². The summed E-state index contributed by atoms with van der Waals surface area (Å²) in [7, 11) is 0. The minimum atomic E-state index is -1.59. The summed E-state index contributed by atoms with van der Waals surface area (Å²) in [6.45, 7) is -0.908. The average Bonchev–Trinajstić information content (AvgIpc) is 3.26. The molecule has 15 nitrogen and oxygen atoms in total. The van der Waals surface area contributed by atoms with E-state index in [2.05, 4.69) is 20.9 Å².